The molecule has 0 fully saturated rings. The molecule has 0 saturated carbocycles. The lowest BCUT2D eigenvalue weighted by molar-refractivity contribution is 0.640. The van der Waals surface area contributed by atoms with Gasteiger partial charge < -0.3 is 10.6 Å². The molecule has 0 aromatic carbocycles. The number of unbranched alkanes of at least 4 members (excludes halogenated alkanes) is 1. The normalized spacial score (nSPS) is 10.2. The van der Waals surface area contributed by atoms with Gasteiger partial charge in [-0.05, 0) is 32.5 Å². The summed E-state index contributed by atoms with van der Waals surface area (Å²) in [5.41, 5.74) is 2.10. The molecule has 0 amide bonds. The smallest absolute Gasteiger partial charge is 0.170 e. The first-order valence-electron chi connectivity index (χ1n) is 5.76. The van der Waals surface area contributed by atoms with Crippen LogP contribution >= 0.6 is 12.2 Å². The second-order valence-corrected chi connectivity index (χ2v) is 4.10. The van der Waals surface area contributed by atoms with Crippen LogP contribution in [-0.2, 0) is 6.54 Å². The van der Waals surface area contributed by atoms with Crippen LogP contribution in [0.3, 0.4) is 0 Å². The topological polar surface area (TPSA) is 41.9 Å². The van der Waals surface area contributed by atoms with Gasteiger partial charge in [0.2, 0.25) is 0 Å². The average Bonchev–Trinajstić information content (AvgIpc) is 2.60. The van der Waals surface area contributed by atoms with E-state index in [1.165, 1.54) is 6.42 Å². The van der Waals surface area contributed by atoms with Crippen LogP contribution in [0.1, 0.15) is 32.4 Å². The zero-order valence-corrected chi connectivity index (χ0v) is 11.0. The Balaban J connectivity index is 2.46. The van der Waals surface area contributed by atoms with Gasteiger partial charge in [-0.3, -0.25) is 4.68 Å². The van der Waals surface area contributed by atoms with E-state index in [9.17, 15) is 0 Å². The fourth-order valence-electron chi connectivity index (χ4n) is 1.43. The van der Waals surface area contributed by atoms with Crippen LogP contribution < -0.4 is 10.6 Å². The Labute approximate surface area is 102 Å². The fourth-order valence-corrected chi connectivity index (χ4v) is 1.65. The molecule has 0 spiro atoms. The monoisotopic (exact) mass is 240 g/mol. The van der Waals surface area contributed by atoms with Gasteiger partial charge in [0.25, 0.3) is 0 Å². The number of nitrogens with zero attached hydrogens (tertiary/aromatic N) is 2. The second-order valence-electron chi connectivity index (χ2n) is 3.69. The number of hydrogen-bond donors (Lipinski definition) is 2. The second kappa shape index (κ2) is 6.48. The number of nitrogens with one attached hydrogen (secondary N) is 2. The molecule has 5 heteroatoms. The van der Waals surface area contributed by atoms with Crippen LogP contribution in [-0.4, -0.2) is 21.4 Å². The van der Waals surface area contributed by atoms with E-state index in [0.717, 1.165) is 30.9 Å². The Morgan fingerprint density at radius 2 is 2.25 bits per heavy atom. The van der Waals surface area contributed by atoms with Gasteiger partial charge in [0.15, 0.2) is 5.11 Å². The molecule has 1 rings (SSSR count). The van der Waals surface area contributed by atoms with Gasteiger partial charge in [-0.25, -0.2) is 0 Å². The Bertz CT molecular complexity index is 346. The summed E-state index contributed by atoms with van der Waals surface area (Å²) in [5, 5.41) is 11.3. The van der Waals surface area contributed by atoms with Crippen molar-refractivity contribution in [3.05, 3.63) is 11.9 Å². The van der Waals surface area contributed by atoms with Gasteiger partial charge in [0.05, 0.1) is 17.6 Å². The number of rotatable bonds is 5. The highest BCUT2D eigenvalue weighted by molar-refractivity contribution is 7.80. The molecule has 0 saturated heterocycles. The van der Waals surface area contributed by atoms with Gasteiger partial charge in [0, 0.05) is 13.1 Å². The molecule has 4 nitrogen and oxygen atoms in total. The average molecular weight is 240 g/mol. The van der Waals surface area contributed by atoms with Crippen LogP contribution in [0, 0.1) is 6.92 Å². The Hall–Kier alpha value is -1.10. The summed E-state index contributed by atoms with van der Waals surface area (Å²) < 4.78 is 1.94. The molecule has 1 aromatic rings. The van der Waals surface area contributed by atoms with Crippen LogP contribution in [0.2, 0.25) is 0 Å². The SMILES string of the molecule is CCCCNC(=S)Nc1cnn(CC)c1C. The van der Waals surface area contributed by atoms with E-state index in [-0.39, 0.29) is 0 Å². The predicted octanol–water partition coefficient (Wildman–Crippen LogP) is 2.30. The van der Waals surface area contributed by atoms with Crippen molar-refractivity contribution in [1.82, 2.24) is 15.1 Å². The molecule has 1 aromatic heterocycles. The third kappa shape index (κ3) is 3.48. The third-order valence-electron chi connectivity index (χ3n) is 2.47. The number of hydrogen-bond acceptors (Lipinski definition) is 2. The van der Waals surface area contributed by atoms with Crippen LogP contribution in [0.15, 0.2) is 6.20 Å². The summed E-state index contributed by atoms with van der Waals surface area (Å²) >= 11 is 5.20. The zero-order valence-electron chi connectivity index (χ0n) is 10.2. The number of thiocarbonyl (C=S) groups is 1. The Morgan fingerprint density at radius 3 is 2.81 bits per heavy atom. The molecular formula is C11H20N4S. The highest BCUT2D eigenvalue weighted by Gasteiger charge is 2.05. The highest BCUT2D eigenvalue weighted by Crippen LogP contribution is 2.12. The first-order valence-corrected chi connectivity index (χ1v) is 6.17. The Kier molecular flexibility index (Phi) is 5.25. The van der Waals surface area contributed by atoms with Crippen molar-refractivity contribution in [3.8, 4) is 0 Å². The maximum absolute atomic E-state index is 5.20. The number of anilines is 1. The molecule has 0 aliphatic carbocycles. The first kappa shape index (κ1) is 13.0. The fraction of sp³-hybridized carbons (Fsp3) is 0.636. The molecule has 0 aliphatic rings. The molecule has 2 N–H and O–H groups in total. The van der Waals surface area contributed by atoms with Crippen LogP contribution in [0.5, 0.6) is 0 Å². The minimum absolute atomic E-state index is 0.673. The number of aryl methyl sites for hydroxylation is 1. The van der Waals surface area contributed by atoms with Crippen molar-refractivity contribution < 1.29 is 0 Å². The summed E-state index contributed by atoms with van der Waals surface area (Å²) in [6.07, 6.45) is 4.12. The van der Waals surface area contributed by atoms with Crippen molar-refractivity contribution in [2.75, 3.05) is 11.9 Å². The van der Waals surface area contributed by atoms with Crippen molar-refractivity contribution in [3.63, 3.8) is 0 Å². The van der Waals surface area contributed by atoms with Gasteiger partial charge >= 0.3 is 0 Å². The molecule has 0 unspecified atom stereocenters. The molecule has 0 atom stereocenters. The van der Waals surface area contributed by atoms with E-state index in [0.29, 0.717) is 5.11 Å². The van der Waals surface area contributed by atoms with Gasteiger partial charge in [-0.2, -0.15) is 5.10 Å². The molecule has 0 radical (unpaired) electrons. The van der Waals surface area contributed by atoms with Crippen molar-refractivity contribution in [2.45, 2.75) is 40.2 Å². The zero-order chi connectivity index (χ0) is 12.0. The molecule has 0 aliphatic heterocycles. The summed E-state index contributed by atoms with van der Waals surface area (Å²) in [6.45, 7) is 8.06. The maximum atomic E-state index is 5.20. The Morgan fingerprint density at radius 1 is 1.50 bits per heavy atom. The highest BCUT2D eigenvalue weighted by atomic mass is 32.1. The van der Waals surface area contributed by atoms with Crippen LogP contribution in [0.4, 0.5) is 5.69 Å². The molecular weight excluding hydrogens is 220 g/mol. The quantitative estimate of drug-likeness (QED) is 0.612. The van der Waals surface area contributed by atoms with E-state index in [2.05, 4.69) is 29.6 Å². The van der Waals surface area contributed by atoms with Gasteiger partial charge in [0.1, 0.15) is 0 Å². The van der Waals surface area contributed by atoms with E-state index in [1.807, 2.05) is 17.8 Å². The summed E-state index contributed by atoms with van der Waals surface area (Å²) in [7, 11) is 0. The van der Waals surface area contributed by atoms with E-state index in [4.69, 9.17) is 12.2 Å². The summed E-state index contributed by atoms with van der Waals surface area (Å²) in [4.78, 5) is 0. The molecule has 16 heavy (non-hydrogen) atoms. The minimum atomic E-state index is 0.673. The van der Waals surface area contributed by atoms with E-state index in [1.54, 1.807) is 0 Å². The lowest BCUT2D eigenvalue weighted by Crippen LogP contribution is -2.29. The predicted molar refractivity (Wildman–Crippen MR) is 71.8 cm³/mol. The van der Waals surface area contributed by atoms with Gasteiger partial charge in [-0.1, -0.05) is 13.3 Å². The standard InChI is InChI=1S/C11H20N4S/c1-4-6-7-12-11(16)14-10-8-13-15(5-2)9(10)3/h8H,4-7H2,1-3H3,(H2,12,14,16). The molecule has 0 bridgehead atoms. The lowest BCUT2D eigenvalue weighted by atomic mass is 10.3. The maximum Gasteiger partial charge on any atom is 0.170 e. The first-order chi connectivity index (χ1) is 7.69. The van der Waals surface area contributed by atoms with Crippen molar-refractivity contribution in [1.29, 1.82) is 0 Å². The number of aromatic nitrogens is 2. The lowest BCUT2D eigenvalue weighted by Gasteiger charge is -2.09. The largest absolute Gasteiger partial charge is 0.362 e. The summed E-state index contributed by atoms with van der Waals surface area (Å²) in [5.74, 6) is 0. The molecule has 90 valence electrons. The van der Waals surface area contributed by atoms with Gasteiger partial charge in [-0.15, -0.1) is 0 Å². The summed E-state index contributed by atoms with van der Waals surface area (Å²) in [6, 6.07) is 0. The minimum Gasteiger partial charge on any atom is -0.362 e. The van der Waals surface area contributed by atoms with Crippen molar-refractivity contribution in [2.24, 2.45) is 0 Å². The van der Waals surface area contributed by atoms with E-state index >= 15 is 0 Å². The van der Waals surface area contributed by atoms with Crippen molar-refractivity contribution >= 4 is 23.0 Å². The third-order valence-corrected chi connectivity index (χ3v) is 2.71. The molecule has 1 heterocycles. The van der Waals surface area contributed by atoms with Crippen LogP contribution in [0.25, 0.3) is 0 Å². The van der Waals surface area contributed by atoms with E-state index < -0.39 is 0 Å².